The number of nitrogens with zero attached hydrogens (tertiary/aromatic N) is 1. The van der Waals surface area contributed by atoms with Gasteiger partial charge in [-0.05, 0) is 63.5 Å². The molecule has 0 aliphatic heterocycles. The smallest absolute Gasteiger partial charge is 0.255 e. The monoisotopic (exact) mass is 466 g/mol. The highest BCUT2D eigenvalue weighted by Crippen LogP contribution is 2.40. The van der Waals surface area contributed by atoms with Crippen molar-refractivity contribution in [2.45, 2.75) is 57.5 Å². The zero-order chi connectivity index (χ0) is 23.8. The number of pyridine rings is 1. The number of ether oxygens (including phenoxy) is 2. The number of aromatic nitrogens is 2. The number of nitrogens with two attached hydrogens (primary N) is 1. The maximum atomic E-state index is 14.5. The number of nitrogens with one attached hydrogen (secondary N) is 2. The highest BCUT2D eigenvalue weighted by Gasteiger charge is 2.26. The molecule has 7 nitrogen and oxygen atoms in total. The lowest BCUT2D eigenvalue weighted by atomic mass is 9.91. The van der Waals surface area contributed by atoms with Gasteiger partial charge in [0.1, 0.15) is 11.3 Å². The average Bonchev–Trinajstić information content (AvgIpc) is 3.59. The summed E-state index contributed by atoms with van der Waals surface area (Å²) < 4.78 is 25.8. The molecule has 2 saturated carbocycles. The van der Waals surface area contributed by atoms with Gasteiger partial charge >= 0.3 is 0 Å². The van der Waals surface area contributed by atoms with E-state index < -0.39 is 5.82 Å². The maximum absolute atomic E-state index is 14.5. The zero-order valence-corrected chi connectivity index (χ0v) is 19.6. The third-order valence-electron chi connectivity index (χ3n) is 6.93. The first-order chi connectivity index (χ1) is 16.4. The average molecular weight is 467 g/mol. The number of carbonyl (C=O) groups excluding carboxylic acids is 1. The Morgan fingerprint density at radius 2 is 1.94 bits per heavy atom. The molecular formula is C26H31FN4O3. The molecule has 1 aromatic carbocycles. The lowest BCUT2D eigenvalue weighted by Gasteiger charge is -2.26. The summed E-state index contributed by atoms with van der Waals surface area (Å²) in [5.74, 6) is 0.492. The van der Waals surface area contributed by atoms with Crippen LogP contribution in [0.15, 0.2) is 24.4 Å². The SMILES string of the molecule is COc1cc(-c2ccnc3c(C(=O)NC4CCC(N)CC4)c(C)[nH]c23)c(OCC2CC2)cc1F. The Labute approximate surface area is 198 Å². The van der Waals surface area contributed by atoms with E-state index in [1.54, 1.807) is 12.3 Å². The Kier molecular flexibility index (Phi) is 6.16. The first-order valence-electron chi connectivity index (χ1n) is 12.0. The minimum atomic E-state index is -0.475. The van der Waals surface area contributed by atoms with E-state index in [4.69, 9.17) is 15.2 Å². The molecule has 0 spiro atoms. The molecule has 180 valence electrons. The van der Waals surface area contributed by atoms with Crippen LogP contribution >= 0.6 is 0 Å². The molecule has 8 heteroatoms. The summed E-state index contributed by atoms with van der Waals surface area (Å²) in [5, 5.41) is 3.16. The molecule has 0 bridgehead atoms. The fourth-order valence-electron chi connectivity index (χ4n) is 4.74. The van der Waals surface area contributed by atoms with E-state index in [9.17, 15) is 9.18 Å². The fraction of sp³-hybridized carbons (Fsp3) is 0.462. The van der Waals surface area contributed by atoms with E-state index in [-0.39, 0.29) is 23.7 Å². The highest BCUT2D eigenvalue weighted by molar-refractivity contribution is 6.09. The third-order valence-corrected chi connectivity index (χ3v) is 6.93. The van der Waals surface area contributed by atoms with Crippen LogP contribution in [-0.4, -0.2) is 41.7 Å². The summed E-state index contributed by atoms with van der Waals surface area (Å²) in [4.78, 5) is 21.1. The topological polar surface area (TPSA) is 102 Å². The van der Waals surface area contributed by atoms with Gasteiger partial charge in [0.2, 0.25) is 0 Å². The molecule has 34 heavy (non-hydrogen) atoms. The summed E-state index contributed by atoms with van der Waals surface area (Å²) in [6, 6.07) is 5.20. The minimum Gasteiger partial charge on any atom is -0.494 e. The van der Waals surface area contributed by atoms with Crippen molar-refractivity contribution in [3.8, 4) is 22.6 Å². The molecule has 0 saturated heterocycles. The summed E-state index contributed by atoms with van der Waals surface area (Å²) in [6.07, 6.45) is 7.52. The van der Waals surface area contributed by atoms with Gasteiger partial charge in [-0.1, -0.05) is 0 Å². The molecule has 0 unspecified atom stereocenters. The number of hydrogen-bond acceptors (Lipinski definition) is 5. The van der Waals surface area contributed by atoms with Gasteiger partial charge in [-0.2, -0.15) is 0 Å². The van der Waals surface area contributed by atoms with Gasteiger partial charge in [-0.25, -0.2) is 4.39 Å². The Morgan fingerprint density at radius 3 is 2.65 bits per heavy atom. The Balaban J connectivity index is 1.52. The van der Waals surface area contributed by atoms with Crippen LogP contribution in [0.3, 0.4) is 0 Å². The van der Waals surface area contributed by atoms with Crippen LogP contribution in [0.5, 0.6) is 11.5 Å². The van der Waals surface area contributed by atoms with E-state index in [1.807, 2.05) is 13.0 Å². The molecule has 0 radical (unpaired) electrons. The second-order valence-corrected chi connectivity index (χ2v) is 9.53. The van der Waals surface area contributed by atoms with E-state index in [1.165, 1.54) is 13.2 Å². The summed E-state index contributed by atoms with van der Waals surface area (Å²) in [6.45, 7) is 2.42. The number of rotatable bonds is 7. The van der Waals surface area contributed by atoms with Crippen molar-refractivity contribution in [1.82, 2.24) is 15.3 Å². The molecule has 0 atom stereocenters. The predicted molar refractivity (Wildman–Crippen MR) is 129 cm³/mol. The summed E-state index contributed by atoms with van der Waals surface area (Å²) >= 11 is 0. The van der Waals surface area contributed by atoms with E-state index in [2.05, 4.69) is 15.3 Å². The van der Waals surface area contributed by atoms with Crippen molar-refractivity contribution in [1.29, 1.82) is 0 Å². The third kappa shape index (κ3) is 4.46. The Hall–Kier alpha value is -3.13. The van der Waals surface area contributed by atoms with Crippen molar-refractivity contribution in [3.63, 3.8) is 0 Å². The van der Waals surface area contributed by atoms with Gasteiger partial charge in [-0.15, -0.1) is 0 Å². The Morgan fingerprint density at radius 1 is 1.18 bits per heavy atom. The van der Waals surface area contributed by atoms with Gasteiger partial charge in [0.15, 0.2) is 11.6 Å². The lowest BCUT2D eigenvalue weighted by Crippen LogP contribution is -2.40. The minimum absolute atomic E-state index is 0.114. The van der Waals surface area contributed by atoms with Crippen LogP contribution in [0, 0.1) is 18.7 Å². The number of carbonyl (C=O) groups is 1. The first kappa shape index (κ1) is 22.7. The Bertz CT molecular complexity index is 1210. The number of methoxy groups -OCH3 is 1. The molecule has 3 aromatic rings. The number of hydrogen-bond donors (Lipinski definition) is 3. The van der Waals surface area contributed by atoms with Crippen molar-refractivity contribution in [3.05, 3.63) is 41.5 Å². The van der Waals surface area contributed by atoms with Crippen LogP contribution in [0.25, 0.3) is 22.2 Å². The van der Waals surface area contributed by atoms with Crippen LogP contribution in [-0.2, 0) is 0 Å². The van der Waals surface area contributed by atoms with Crippen LogP contribution in [0.1, 0.15) is 54.6 Å². The normalized spacial score (nSPS) is 20.4. The van der Waals surface area contributed by atoms with Crippen LogP contribution in [0.2, 0.25) is 0 Å². The summed E-state index contributed by atoms with van der Waals surface area (Å²) in [5.41, 5.74) is 10.0. The molecule has 2 fully saturated rings. The fourth-order valence-corrected chi connectivity index (χ4v) is 4.74. The van der Waals surface area contributed by atoms with Gasteiger partial charge < -0.3 is 25.5 Å². The molecule has 5 rings (SSSR count). The second-order valence-electron chi connectivity index (χ2n) is 9.53. The first-order valence-corrected chi connectivity index (χ1v) is 12.0. The second kappa shape index (κ2) is 9.25. The zero-order valence-electron chi connectivity index (χ0n) is 19.6. The van der Waals surface area contributed by atoms with Crippen molar-refractivity contribution in [2.75, 3.05) is 13.7 Å². The molecule has 2 aromatic heterocycles. The predicted octanol–water partition coefficient (Wildman–Crippen LogP) is 4.47. The number of benzene rings is 1. The van der Waals surface area contributed by atoms with Crippen LogP contribution < -0.4 is 20.5 Å². The number of aromatic amines is 1. The molecule has 2 heterocycles. The van der Waals surface area contributed by atoms with Gasteiger partial charge in [0.25, 0.3) is 5.91 Å². The van der Waals surface area contributed by atoms with E-state index >= 15 is 0 Å². The van der Waals surface area contributed by atoms with E-state index in [0.717, 1.165) is 49.8 Å². The molecule has 1 amide bonds. The standard InChI is InChI=1S/C26H31FN4O3/c1-14-23(26(32)31-17-7-5-16(28)6-8-17)25-24(30-14)18(9-10-29-25)19-11-22(33-2)20(27)12-21(19)34-13-15-3-4-15/h9-12,15-17,30H,3-8,13,28H2,1-2H3,(H,31,32). The lowest BCUT2D eigenvalue weighted by molar-refractivity contribution is 0.0927. The summed E-state index contributed by atoms with van der Waals surface area (Å²) in [7, 11) is 1.44. The molecule has 2 aliphatic carbocycles. The maximum Gasteiger partial charge on any atom is 0.255 e. The number of amides is 1. The van der Waals surface area contributed by atoms with Gasteiger partial charge in [0, 0.05) is 41.2 Å². The van der Waals surface area contributed by atoms with Crippen LogP contribution in [0.4, 0.5) is 4.39 Å². The number of aryl methyl sites for hydroxylation is 1. The van der Waals surface area contributed by atoms with Gasteiger partial charge in [0.05, 0.1) is 24.8 Å². The quantitative estimate of drug-likeness (QED) is 0.477. The number of halogens is 1. The molecule has 2 aliphatic rings. The largest absolute Gasteiger partial charge is 0.494 e. The highest BCUT2D eigenvalue weighted by atomic mass is 19.1. The van der Waals surface area contributed by atoms with Gasteiger partial charge in [-0.3, -0.25) is 9.78 Å². The number of H-pyrrole nitrogens is 1. The van der Waals surface area contributed by atoms with Crippen molar-refractivity contribution >= 4 is 16.9 Å². The molecular weight excluding hydrogens is 435 g/mol. The van der Waals surface area contributed by atoms with Crippen molar-refractivity contribution in [2.24, 2.45) is 11.7 Å². The van der Waals surface area contributed by atoms with E-state index in [0.29, 0.717) is 40.4 Å². The molecule has 4 N–H and O–H groups in total. The van der Waals surface area contributed by atoms with Crippen molar-refractivity contribution < 1.29 is 18.7 Å². The number of fused-ring (bicyclic) bond motifs is 1.